The van der Waals surface area contributed by atoms with Crippen LogP contribution < -0.4 is 15.4 Å². The van der Waals surface area contributed by atoms with Crippen molar-refractivity contribution in [1.29, 1.82) is 0 Å². The summed E-state index contributed by atoms with van der Waals surface area (Å²) in [4.78, 5) is 26.1. The van der Waals surface area contributed by atoms with Crippen LogP contribution in [-0.4, -0.2) is 33.8 Å². The van der Waals surface area contributed by atoms with Gasteiger partial charge >= 0.3 is 0 Å². The smallest absolute Gasteiger partial charge is 0.237 e. The molecular weight excluding hydrogens is 456 g/mol. The Labute approximate surface area is 210 Å². The lowest BCUT2D eigenvalue weighted by Gasteiger charge is -2.36. The van der Waals surface area contributed by atoms with Gasteiger partial charge in [-0.1, -0.05) is 65.0 Å². The maximum absolute atomic E-state index is 13.8. The zero-order chi connectivity index (χ0) is 26.0. The van der Waals surface area contributed by atoms with E-state index in [1.165, 1.54) is 0 Å². The summed E-state index contributed by atoms with van der Waals surface area (Å²) in [7, 11) is -0.300. The maximum Gasteiger partial charge on any atom is 0.237 e. The van der Waals surface area contributed by atoms with Gasteiger partial charge in [-0.25, -0.2) is 0 Å². The average Bonchev–Trinajstić information content (AvgIpc) is 3.20. The van der Waals surface area contributed by atoms with Gasteiger partial charge in [0, 0.05) is 13.0 Å². The summed E-state index contributed by atoms with van der Waals surface area (Å²) in [5, 5.41) is 6.07. The Morgan fingerprint density at radius 2 is 1.86 bits per heavy atom. The molecule has 190 valence electrons. The fourth-order valence-corrected chi connectivity index (χ4v) is 5.17. The molecule has 0 saturated carbocycles. The van der Waals surface area contributed by atoms with Crippen LogP contribution in [0.5, 0.6) is 5.75 Å². The summed E-state index contributed by atoms with van der Waals surface area (Å²) in [6, 6.07) is 13.6. The molecule has 0 radical (unpaired) electrons. The van der Waals surface area contributed by atoms with E-state index in [1.54, 1.807) is 7.11 Å². The molecule has 0 aliphatic carbocycles. The van der Waals surface area contributed by atoms with E-state index in [2.05, 4.69) is 58.3 Å². The SMILES string of the molecule is COc1cc(CO[Si](C)(C)C(C)(C)C)ccc1NC(=O)C1(c2ccccc2C(C)C)CNC(=O)C1. The Kier molecular flexibility index (Phi) is 7.82. The first-order valence-electron chi connectivity index (χ1n) is 12.3. The van der Waals surface area contributed by atoms with Gasteiger partial charge in [-0.15, -0.1) is 0 Å². The average molecular weight is 497 g/mol. The van der Waals surface area contributed by atoms with Crippen LogP contribution in [0.4, 0.5) is 5.69 Å². The number of nitrogens with one attached hydrogen (secondary N) is 2. The number of hydrogen-bond donors (Lipinski definition) is 2. The minimum Gasteiger partial charge on any atom is -0.495 e. The summed E-state index contributed by atoms with van der Waals surface area (Å²) in [5.41, 5.74) is 2.55. The lowest BCUT2D eigenvalue weighted by molar-refractivity contribution is -0.124. The van der Waals surface area contributed by atoms with Gasteiger partial charge in [-0.3, -0.25) is 9.59 Å². The van der Waals surface area contributed by atoms with E-state index < -0.39 is 13.7 Å². The molecule has 2 amide bonds. The maximum atomic E-state index is 13.8. The van der Waals surface area contributed by atoms with E-state index in [-0.39, 0.29) is 35.7 Å². The number of hydrogen-bond acceptors (Lipinski definition) is 4. The molecule has 0 aromatic heterocycles. The Hall–Kier alpha value is -2.64. The van der Waals surface area contributed by atoms with Crippen molar-refractivity contribution in [1.82, 2.24) is 5.32 Å². The summed E-state index contributed by atoms with van der Waals surface area (Å²) >= 11 is 0. The number of benzene rings is 2. The predicted octanol–water partition coefficient (Wildman–Crippen LogP) is 5.74. The number of rotatable bonds is 8. The Morgan fingerprint density at radius 3 is 2.43 bits per heavy atom. The highest BCUT2D eigenvalue weighted by Gasteiger charge is 2.48. The van der Waals surface area contributed by atoms with Crippen molar-refractivity contribution >= 4 is 25.8 Å². The fourth-order valence-electron chi connectivity index (χ4n) is 4.21. The number of carbonyl (C=O) groups excluding carboxylic acids is 2. The molecule has 2 aromatic carbocycles. The van der Waals surface area contributed by atoms with Crippen molar-refractivity contribution in [3.8, 4) is 5.75 Å². The van der Waals surface area contributed by atoms with Gasteiger partial charge in [-0.05, 0) is 52.9 Å². The summed E-state index contributed by atoms with van der Waals surface area (Å²) in [5.74, 6) is 0.455. The monoisotopic (exact) mass is 496 g/mol. The van der Waals surface area contributed by atoms with E-state index in [0.29, 0.717) is 18.0 Å². The number of methoxy groups -OCH3 is 1. The van der Waals surface area contributed by atoms with Crippen LogP contribution in [0.2, 0.25) is 18.1 Å². The molecule has 1 aliphatic heterocycles. The summed E-state index contributed by atoms with van der Waals surface area (Å²) in [6.45, 7) is 16.1. The molecule has 1 saturated heterocycles. The topological polar surface area (TPSA) is 76.7 Å². The Balaban J connectivity index is 1.88. The normalized spacial score (nSPS) is 18.5. The quantitative estimate of drug-likeness (QED) is 0.457. The van der Waals surface area contributed by atoms with Crippen LogP contribution in [0.3, 0.4) is 0 Å². The zero-order valence-electron chi connectivity index (χ0n) is 22.4. The first-order valence-corrected chi connectivity index (χ1v) is 15.2. The van der Waals surface area contributed by atoms with Gasteiger partial charge in [0.25, 0.3) is 0 Å². The minimum atomic E-state index is -1.89. The number of amides is 2. The molecule has 7 heteroatoms. The van der Waals surface area contributed by atoms with Gasteiger partial charge in [-0.2, -0.15) is 0 Å². The van der Waals surface area contributed by atoms with E-state index >= 15 is 0 Å². The van der Waals surface area contributed by atoms with Crippen molar-refractivity contribution in [3.05, 3.63) is 59.2 Å². The van der Waals surface area contributed by atoms with Crippen molar-refractivity contribution in [2.24, 2.45) is 0 Å². The van der Waals surface area contributed by atoms with Gasteiger partial charge in [0.2, 0.25) is 11.8 Å². The Morgan fingerprint density at radius 1 is 1.17 bits per heavy atom. The molecule has 2 aromatic rings. The molecule has 3 rings (SSSR count). The zero-order valence-corrected chi connectivity index (χ0v) is 23.4. The Bertz CT molecular complexity index is 1090. The lowest BCUT2D eigenvalue weighted by atomic mass is 9.74. The predicted molar refractivity (Wildman–Crippen MR) is 143 cm³/mol. The molecule has 0 bridgehead atoms. The second-order valence-electron chi connectivity index (χ2n) is 11.3. The summed E-state index contributed by atoms with van der Waals surface area (Å²) < 4.78 is 12.0. The minimum absolute atomic E-state index is 0.114. The number of anilines is 1. The van der Waals surface area contributed by atoms with Crippen LogP contribution in [0.15, 0.2) is 42.5 Å². The lowest BCUT2D eigenvalue weighted by Crippen LogP contribution is -2.43. The van der Waals surface area contributed by atoms with Crippen LogP contribution in [0, 0.1) is 0 Å². The van der Waals surface area contributed by atoms with Crippen LogP contribution >= 0.6 is 0 Å². The number of carbonyl (C=O) groups is 2. The van der Waals surface area contributed by atoms with E-state index in [1.807, 2.05) is 42.5 Å². The standard InChI is InChI=1S/C28H40N2O4Si/c1-19(2)21-11-9-10-12-22(21)28(16-25(31)29-18-28)26(32)30-23-14-13-20(15-24(23)33-6)17-34-35(7,8)27(3,4)5/h9-15,19H,16-18H2,1-8H3,(H,29,31)(H,30,32). The third-order valence-electron chi connectivity index (χ3n) is 7.50. The fraction of sp³-hybridized carbons (Fsp3) is 0.500. The molecule has 1 heterocycles. The van der Waals surface area contributed by atoms with Gasteiger partial charge in [0.15, 0.2) is 8.32 Å². The van der Waals surface area contributed by atoms with E-state index in [0.717, 1.165) is 16.7 Å². The van der Waals surface area contributed by atoms with Crippen LogP contribution in [0.25, 0.3) is 0 Å². The molecular formula is C28H40N2O4Si. The molecule has 1 fully saturated rings. The molecule has 1 unspecified atom stereocenters. The highest BCUT2D eigenvalue weighted by molar-refractivity contribution is 6.74. The molecule has 2 N–H and O–H groups in total. The third-order valence-corrected chi connectivity index (χ3v) is 12.0. The molecule has 0 spiro atoms. The van der Waals surface area contributed by atoms with E-state index in [4.69, 9.17) is 9.16 Å². The van der Waals surface area contributed by atoms with Crippen molar-refractivity contribution in [3.63, 3.8) is 0 Å². The molecule has 1 atom stereocenters. The summed E-state index contributed by atoms with van der Waals surface area (Å²) in [6.07, 6.45) is 0.114. The van der Waals surface area contributed by atoms with Gasteiger partial charge in [0.1, 0.15) is 11.2 Å². The largest absolute Gasteiger partial charge is 0.495 e. The van der Waals surface area contributed by atoms with Gasteiger partial charge < -0.3 is 19.8 Å². The second kappa shape index (κ2) is 10.2. The first kappa shape index (κ1) is 27.0. The van der Waals surface area contributed by atoms with Gasteiger partial charge in [0.05, 0.1) is 19.4 Å². The van der Waals surface area contributed by atoms with Crippen LogP contribution in [0.1, 0.15) is 63.6 Å². The highest BCUT2D eigenvalue weighted by atomic mass is 28.4. The van der Waals surface area contributed by atoms with Crippen molar-refractivity contribution in [2.75, 3.05) is 19.0 Å². The number of ether oxygens (including phenoxy) is 1. The third kappa shape index (κ3) is 5.62. The second-order valence-corrected chi connectivity index (χ2v) is 16.1. The first-order chi connectivity index (χ1) is 16.3. The van der Waals surface area contributed by atoms with E-state index in [9.17, 15) is 9.59 Å². The van der Waals surface area contributed by atoms with Crippen molar-refractivity contribution < 1.29 is 18.8 Å². The molecule has 6 nitrogen and oxygen atoms in total. The molecule has 35 heavy (non-hydrogen) atoms. The van der Waals surface area contributed by atoms with Crippen molar-refractivity contribution in [2.45, 2.75) is 77.1 Å². The molecule has 1 aliphatic rings. The van der Waals surface area contributed by atoms with Crippen LogP contribution in [-0.2, 0) is 26.0 Å². The highest BCUT2D eigenvalue weighted by Crippen LogP contribution is 2.39.